The molecule has 1 aromatic rings. The van der Waals surface area contributed by atoms with Crippen LogP contribution in [-0.2, 0) is 6.18 Å². The van der Waals surface area contributed by atoms with Crippen molar-refractivity contribution in [3.8, 4) is 0 Å². The highest BCUT2D eigenvalue weighted by molar-refractivity contribution is 5.44. The monoisotopic (exact) mass is 201 g/mol. The summed E-state index contributed by atoms with van der Waals surface area (Å²) in [6.45, 7) is 1.35. The van der Waals surface area contributed by atoms with Crippen molar-refractivity contribution >= 4 is 5.69 Å². The molecule has 74 valence electrons. The number of rotatable bonds is 1. The summed E-state index contributed by atoms with van der Waals surface area (Å²) in [6, 6.07) is 3.44. The van der Waals surface area contributed by atoms with Crippen molar-refractivity contribution < 1.29 is 13.2 Å². The van der Waals surface area contributed by atoms with Gasteiger partial charge in [0.2, 0.25) is 0 Å². The van der Waals surface area contributed by atoms with Crippen LogP contribution in [0.15, 0.2) is 23.3 Å². The zero-order valence-electron chi connectivity index (χ0n) is 7.21. The summed E-state index contributed by atoms with van der Waals surface area (Å²) in [7, 11) is 0. The Morgan fingerprint density at radius 2 is 2.00 bits per heavy atom. The lowest BCUT2D eigenvalue weighted by atomic mass is 10.1. The molecule has 0 amide bonds. The van der Waals surface area contributed by atoms with Gasteiger partial charge in [-0.25, -0.2) is 0 Å². The highest BCUT2D eigenvalue weighted by atomic mass is 19.4. The standard InChI is InChI=1S/C8H6F3N3/c1-5-2-3-6(13-14-12)4-7(5)8(9,10)11/h2-4H,1H3. The van der Waals surface area contributed by atoms with Crippen LogP contribution >= 0.6 is 0 Å². The molecule has 0 N–H and O–H groups in total. The molecule has 0 saturated heterocycles. The first-order chi connectivity index (χ1) is 6.45. The average Bonchev–Trinajstić information content (AvgIpc) is 2.07. The second kappa shape index (κ2) is 3.59. The zero-order valence-corrected chi connectivity index (χ0v) is 7.21. The van der Waals surface area contributed by atoms with Crippen molar-refractivity contribution in [2.75, 3.05) is 0 Å². The summed E-state index contributed by atoms with van der Waals surface area (Å²) in [5.41, 5.74) is 7.35. The largest absolute Gasteiger partial charge is 0.416 e. The van der Waals surface area contributed by atoms with E-state index in [-0.39, 0.29) is 11.3 Å². The van der Waals surface area contributed by atoms with Gasteiger partial charge in [0.1, 0.15) is 0 Å². The number of aryl methyl sites for hydroxylation is 1. The molecule has 0 aromatic heterocycles. The van der Waals surface area contributed by atoms with Crippen LogP contribution in [0.25, 0.3) is 10.4 Å². The Labute approximate surface area is 77.8 Å². The molecule has 0 heterocycles. The maximum atomic E-state index is 12.3. The van der Waals surface area contributed by atoms with Crippen molar-refractivity contribution in [3.63, 3.8) is 0 Å². The van der Waals surface area contributed by atoms with Gasteiger partial charge in [-0.2, -0.15) is 13.2 Å². The molecule has 0 saturated carbocycles. The van der Waals surface area contributed by atoms with Crippen molar-refractivity contribution in [3.05, 3.63) is 39.8 Å². The minimum Gasteiger partial charge on any atom is -0.166 e. The smallest absolute Gasteiger partial charge is 0.166 e. The van der Waals surface area contributed by atoms with Crippen LogP contribution in [0.5, 0.6) is 0 Å². The third kappa shape index (κ3) is 2.17. The summed E-state index contributed by atoms with van der Waals surface area (Å²) >= 11 is 0. The molecule has 0 aliphatic carbocycles. The van der Waals surface area contributed by atoms with Crippen LogP contribution < -0.4 is 0 Å². The van der Waals surface area contributed by atoms with E-state index in [2.05, 4.69) is 10.0 Å². The predicted molar refractivity (Wildman–Crippen MR) is 45.0 cm³/mol. The fourth-order valence-corrected chi connectivity index (χ4v) is 1.03. The Morgan fingerprint density at radius 3 is 2.50 bits per heavy atom. The first kappa shape index (κ1) is 10.4. The van der Waals surface area contributed by atoms with Gasteiger partial charge in [0, 0.05) is 10.6 Å². The minimum absolute atomic E-state index is 0.0366. The number of azide groups is 1. The molecule has 0 unspecified atom stereocenters. The van der Waals surface area contributed by atoms with Gasteiger partial charge in [-0.15, -0.1) is 0 Å². The van der Waals surface area contributed by atoms with Gasteiger partial charge in [0.25, 0.3) is 0 Å². The maximum absolute atomic E-state index is 12.3. The normalized spacial score (nSPS) is 10.9. The lowest BCUT2D eigenvalue weighted by molar-refractivity contribution is -0.138. The number of alkyl halides is 3. The SMILES string of the molecule is Cc1ccc(N=[N+]=[N-])cc1C(F)(F)F. The quantitative estimate of drug-likeness (QED) is 0.375. The van der Waals surface area contributed by atoms with Gasteiger partial charge < -0.3 is 0 Å². The molecule has 1 aromatic carbocycles. The van der Waals surface area contributed by atoms with Crippen molar-refractivity contribution in [1.82, 2.24) is 0 Å². The minimum atomic E-state index is -4.41. The maximum Gasteiger partial charge on any atom is 0.416 e. The molecule has 0 aliphatic rings. The van der Waals surface area contributed by atoms with E-state index in [0.29, 0.717) is 0 Å². The zero-order chi connectivity index (χ0) is 10.8. The van der Waals surface area contributed by atoms with E-state index in [1.165, 1.54) is 19.1 Å². The summed E-state index contributed by atoms with van der Waals surface area (Å²) < 4.78 is 37.0. The van der Waals surface area contributed by atoms with Crippen LogP contribution in [0, 0.1) is 6.92 Å². The van der Waals surface area contributed by atoms with E-state index in [0.717, 1.165) is 6.07 Å². The van der Waals surface area contributed by atoms with E-state index in [9.17, 15) is 13.2 Å². The number of hydrogen-bond donors (Lipinski definition) is 0. The summed E-state index contributed by atoms with van der Waals surface area (Å²) in [4.78, 5) is 2.42. The molecule has 0 radical (unpaired) electrons. The highest BCUT2D eigenvalue weighted by Crippen LogP contribution is 2.33. The number of halogens is 3. The molecular weight excluding hydrogens is 195 g/mol. The molecular formula is C8H6F3N3. The van der Waals surface area contributed by atoms with Crippen LogP contribution in [0.4, 0.5) is 18.9 Å². The summed E-state index contributed by atoms with van der Waals surface area (Å²) in [5.74, 6) is 0. The van der Waals surface area contributed by atoms with Gasteiger partial charge >= 0.3 is 6.18 Å². The van der Waals surface area contributed by atoms with Crippen molar-refractivity contribution in [1.29, 1.82) is 0 Å². The molecule has 0 bridgehead atoms. The van der Waals surface area contributed by atoms with Gasteiger partial charge in [0.05, 0.1) is 5.56 Å². The first-order valence-electron chi connectivity index (χ1n) is 3.68. The number of hydrogen-bond acceptors (Lipinski definition) is 1. The van der Waals surface area contributed by atoms with Crippen LogP contribution in [-0.4, -0.2) is 0 Å². The topological polar surface area (TPSA) is 48.8 Å². The Hall–Kier alpha value is -1.68. The van der Waals surface area contributed by atoms with Crippen molar-refractivity contribution in [2.24, 2.45) is 5.11 Å². The van der Waals surface area contributed by atoms with Gasteiger partial charge in [-0.1, -0.05) is 17.2 Å². The fraction of sp³-hybridized carbons (Fsp3) is 0.250. The molecule has 6 heteroatoms. The Kier molecular flexibility index (Phi) is 2.67. The van der Waals surface area contributed by atoms with Crippen molar-refractivity contribution in [2.45, 2.75) is 13.1 Å². The van der Waals surface area contributed by atoms with Gasteiger partial charge in [-0.3, -0.25) is 0 Å². The van der Waals surface area contributed by atoms with Gasteiger partial charge in [-0.05, 0) is 24.1 Å². The molecule has 0 atom stereocenters. The molecule has 14 heavy (non-hydrogen) atoms. The predicted octanol–water partition coefficient (Wildman–Crippen LogP) is 3.96. The molecule has 0 spiro atoms. The fourth-order valence-electron chi connectivity index (χ4n) is 1.03. The first-order valence-corrected chi connectivity index (χ1v) is 3.68. The van der Waals surface area contributed by atoms with E-state index >= 15 is 0 Å². The Bertz CT molecular complexity index is 391. The highest BCUT2D eigenvalue weighted by Gasteiger charge is 2.32. The second-order valence-corrected chi connectivity index (χ2v) is 2.69. The lowest BCUT2D eigenvalue weighted by Gasteiger charge is -2.09. The molecule has 1 rings (SSSR count). The van der Waals surface area contributed by atoms with E-state index in [1.807, 2.05) is 0 Å². The van der Waals surface area contributed by atoms with E-state index in [4.69, 9.17) is 5.53 Å². The number of benzene rings is 1. The van der Waals surface area contributed by atoms with Crippen LogP contribution in [0.2, 0.25) is 0 Å². The third-order valence-electron chi connectivity index (χ3n) is 1.69. The van der Waals surface area contributed by atoms with Crippen LogP contribution in [0.1, 0.15) is 11.1 Å². The Balaban J connectivity index is 3.28. The van der Waals surface area contributed by atoms with E-state index < -0.39 is 11.7 Å². The molecule has 0 aliphatic heterocycles. The van der Waals surface area contributed by atoms with E-state index in [1.54, 1.807) is 0 Å². The average molecular weight is 201 g/mol. The lowest BCUT2D eigenvalue weighted by Crippen LogP contribution is -2.06. The summed E-state index contributed by atoms with van der Waals surface area (Å²) in [6.07, 6.45) is -4.41. The van der Waals surface area contributed by atoms with Gasteiger partial charge in [0.15, 0.2) is 0 Å². The number of nitrogens with zero attached hydrogens (tertiary/aromatic N) is 3. The third-order valence-corrected chi connectivity index (χ3v) is 1.69. The Morgan fingerprint density at radius 1 is 1.36 bits per heavy atom. The molecule has 0 fully saturated rings. The molecule has 3 nitrogen and oxygen atoms in total. The van der Waals surface area contributed by atoms with Crippen LogP contribution in [0.3, 0.4) is 0 Å². The summed E-state index contributed by atoms with van der Waals surface area (Å²) in [5, 5.41) is 3.10. The second-order valence-electron chi connectivity index (χ2n) is 2.69.